The van der Waals surface area contributed by atoms with Gasteiger partial charge in [-0.3, -0.25) is 4.90 Å². The van der Waals surface area contributed by atoms with Crippen LogP contribution in [0, 0.1) is 17.1 Å². The van der Waals surface area contributed by atoms with Crippen LogP contribution in [-0.4, -0.2) is 29.2 Å². The summed E-state index contributed by atoms with van der Waals surface area (Å²) in [6.45, 7) is 1.15. The molecule has 3 nitrogen and oxygen atoms in total. The second-order valence-electron chi connectivity index (χ2n) is 4.43. The lowest BCUT2D eigenvalue weighted by molar-refractivity contribution is 0.0710. The van der Waals surface area contributed by atoms with E-state index in [4.69, 9.17) is 11.6 Å². The number of aliphatic hydroxyl groups is 1. The average molecular weight is 269 g/mol. The maximum absolute atomic E-state index is 13.8. The third kappa shape index (κ3) is 2.64. The number of aliphatic hydroxyl groups excluding tert-OH is 1. The molecule has 1 atom stereocenters. The molecular weight excluding hydrogens is 255 g/mol. The number of rotatable bonds is 2. The van der Waals surface area contributed by atoms with Crippen LogP contribution in [0.1, 0.15) is 24.4 Å². The zero-order valence-electron chi connectivity index (χ0n) is 9.81. The molecule has 1 aromatic rings. The summed E-state index contributed by atoms with van der Waals surface area (Å²) in [5.74, 6) is -0.458. The van der Waals surface area contributed by atoms with Crippen molar-refractivity contribution in [2.24, 2.45) is 0 Å². The molecule has 1 heterocycles. The Morgan fingerprint density at radius 2 is 2.11 bits per heavy atom. The van der Waals surface area contributed by atoms with Crippen LogP contribution in [0.4, 0.5) is 4.39 Å². The van der Waals surface area contributed by atoms with Crippen LogP contribution in [0.25, 0.3) is 0 Å². The van der Waals surface area contributed by atoms with Crippen LogP contribution in [0.15, 0.2) is 18.2 Å². The number of likely N-dealkylation sites (tertiary alicyclic amines) is 1. The molecular formula is C13H14ClFN2O. The highest BCUT2D eigenvalue weighted by molar-refractivity contribution is 6.31. The predicted octanol–water partition coefficient (Wildman–Crippen LogP) is 2.50. The number of hydrogen-bond donors (Lipinski definition) is 1. The molecule has 1 saturated heterocycles. The molecule has 1 aromatic carbocycles. The van der Waals surface area contributed by atoms with Gasteiger partial charge in [0, 0.05) is 23.7 Å². The van der Waals surface area contributed by atoms with Crippen LogP contribution in [-0.2, 0) is 0 Å². The number of halogens is 2. The fraction of sp³-hybridized carbons (Fsp3) is 0.462. The third-order valence-electron chi connectivity index (χ3n) is 3.26. The van der Waals surface area contributed by atoms with Crippen molar-refractivity contribution in [3.05, 3.63) is 34.6 Å². The van der Waals surface area contributed by atoms with Gasteiger partial charge in [-0.05, 0) is 25.0 Å². The molecule has 18 heavy (non-hydrogen) atoms. The third-order valence-corrected chi connectivity index (χ3v) is 3.59. The molecule has 0 bridgehead atoms. The highest BCUT2D eigenvalue weighted by atomic mass is 35.5. The topological polar surface area (TPSA) is 47.3 Å². The molecule has 1 N–H and O–H groups in total. The fourth-order valence-corrected chi connectivity index (χ4v) is 2.51. The zero-order chi connectivity index (χ0) is 13.1. The van der Waals surface area contributed by atoms with E-state index >= 15 is 0 Å². The molecule has 5 heteroatoms. The van der Waals surface area contributed by atoms with Gasteiger partial charge in [-0.2, -0.15) is 5.26 Å². The summed E-state index contributed by atoms with van der Waals surface area (Å²) >= 11 is 5.98. The molecule has 96 valence electrons. The Kier molecular flexibility index (Phi) is 4.18. The van der Waals surface area contributed by atoms with Gasteiger partial charge < -0.3 is 5.11 Å². The van der Waals surface area contributed by atoms with E-state index in [-0.39, 0.29) is 16.7 Å². The van der Waals surface area contributed by atoms with E-state index in [0.717, 1.165) is 0 Å². The molecule has 1 unspecified atom stereocenters. The molecule has 0 aliphatic carbocycles. The minimum absolute atomic E-state index is 0.234. The van der Waals surface area contributed by atoms with Crippen molar-refractivity contribution in [3.8, 4) is 6.07 Å². The quantitative estimate of drug-likeness (QED) is 0.896. The van der Waals surface area contributed by atoms with Crippen molar-refractivity contribution >= 4 is 11.6 Å². The maximum Gasteiger partial charge on any atom is 0.130 e. The van der Waals surface area contributed by atoms with E-state index in [2.05, 4.69) is 6.07 Å². The van der Waals surface area contributed by atoms with Crippen LogP contribution >= 0.6 is 11.6 Å². The molecule has 0 radical (unpaired) electrons. The van der Waals surface area contributed by atoms with Gasteiger partial charge >= 0.3 is 0 Å². The summed E-state index contributed by atoms with van der Waals surface area (Å²) in [7, 11) is 0. The van der Waals surface area contributed by atoms with Gasteiger partial charge in [0.15, 0.2) is 0 Å². The van der Waals surface area contributed by atoms with Gasteiger partial charge in [0.1, 0.15) is 11.9 Å². The van der Waals surface area contributed by atoms with Gasteiger partial charge in [0.2, 0.25) is 0 Å². The first-order valence-corrected chi connectivity index (χ1v) is 6.27. The van der Waals surface area contributed by atoms with E-state index in [1.165, 1.54) is 12.1 Å². The lowest BCUT2D eigenvalue weighted by Gasteiger charge is -2.33. The van der Waals surface area contributed by atoms with Gasteiger partial charge in [-0.15, -0.1) is 0 Å². The molecule has 1 aliphatic rings. The lowest BCUT2D eigenvalue weighted by Crippen LogP contribution is -2.38. The smallest absolute Gasteiger partial charge is 0.130 e. The van der Waals surface area contributed by atoms with Gasteiger partial charge in [-0.25, -0.2) is 4.39 Å². The second kappa shape index (κ2) is 5.66. The Morgan fingerprint density at radius 1 is 1.44 bits per heavy atom. The average Bonchev–Trinajstić information content (AvgIpc) is 2.35. The van der Waals surface area contributed by atoms with Crippen molar-refractivity contribution in [1.82, 2.24) is 4.90 Å². The molecule has 1 aliphatic heterocycles. The first-order chi connectivity index (χ1) is 8.63. The van der Waals surface area contributed by atoms with E-state index < -0.39 is 11.9 Å². The van der Waals surface area contributed by atoms with Crippen molar-refractivity contribution in [1.29, 1.82) is 5.26 Å². The van der Waals surface area contributed by atoms with Crippen LogP contribution in [0.3, 0.4) is 0 Å². The Labute approximate surface area is 110 Å². The number of hydrogen-bond acceptors (Lipinski definition) is 3. The van der Waals surface area contributed by atoms with Crippen molar-refractivity contribution in [3.63, 3.8) is 0 Å². The first kappa shape index (κ1) is 13.3. The van der Waals surface area contributed by atoms with Gasteiger partial charge in [-0.1, -0.05) is 17.7 Å². The number of nitriles is 1. The van der Waals surface area contributed by atoms with Gasteiger partial charge in [0.25, 0.3) is 0 Å². The Balaban J connectivity index is 2.26. The summed E-state index contributed by atoms with van der Waals surface area (Å²) in [6.07, 6.45) is 0.880. The Morgan fingerprint density at radius 3 is 2.67 bits per heavy atom. The normalized spacial score (nSPS) is 19.4. The fourth-order valence-electron chi connectivity index (χ4n) is 2.24. The van der Waals surface area contributed by atoms with Crippen molar-refractivity contribution in [2.75, 3.05) is 13.1 Å². The van der Waals surface area contributed by atoms with E-state index in [1.807, 2.05) is 4.90 Å². The highest BCUT2D eigenvalue weighted by Crippen LogP contribution is 2.31. The molecule has 0 amide bonds. The second-order valence-corrected chi connectivity index (χ2v) is 4.84. The lowest BCUT2D eigenvalue weighted by atomic mass is 10.0. The summed E-state index contributed by atoms with van der Waals surface area (Å²) < 4.78 is 13.8. The molecule has 2 rings (SSSR count). The van der Waals surface area contributed by atoms with Gasteiger partial charge in [0.05, 0.1) is 12.2 Å². The summed E-state index contributed by atoms with van der Waals surface area (Å²) in [4.78, 5) is 1.86. The van der Waals surface area contributed by atoms with Crippen LogP contribution < -0.4 is 0 Å². The minimum atomic E-state index is -0.689. The van der Waals surface area contributed by atoms with Crippen LogP contribution in [0.2, 0.25) is 5.02 Å². The van der Waals surface area contributed by atoms with Crippen molar-refractivity contribution in [2.45, 2.75) is 25.0 Å². The number of piperidine rings is 1. The maximum atomic E-state index is 13.8. The standard InChI is InChI=1S/C13H14ClFN2O/c14-10-2-1-3-11(15)13(10)12(8-16)17-6-4-9(18)5-7-17/h1-3,9,12,18H,4-7H2. The monoisotopic (exact) mass is 268 g/mol. The van der Waals surface area contributed by atoms with Crippen LogP contribution in [0.5, 0.6) is 0 Å². The first-order valence-electron chi connectivity index (χ1n) is 5.89. The van der Waals surface area contributed by atoms with E-state index in [1.54, 1.807) is 6.07 Å². The molecule has 0 saturated carbocycles. The number of benzene rings is 1. The molecule has 1 fully saturated rings. The van der Waals surface area contributed by atoms with E-state index in [9.17, 15) is 14.8 Å². The largest absolute Gasteiger partial charge is 0.393 e. The molecule has 0 aromatic heterocycles. The number of nitrogens with zero attached hydrogens (tertiary/aromatic N) is 2. The summed E-state index contributed by atoms with van der Waals surface area (Å²) in [5, 5.41) is 19.0. The Hall–Kier alpha value is -1.15. The summed E-state index contributed by atoms with van der Waals surface area (Å²) in [6, 6.07) is 5.84. The Bertz CT molecular complexity index is 446. The predicted molar refractivity (Wildman–Crippen MR) is 66.6 cm³/mol. The molecule has 0 spiro atoms. The van der Waals surface area contributed by atoms with Crippen molar-refractivity contribution < 1.29 is 9.50 Å². The van der Waals surface area contributed by atoms with E-state index in [0.29, 0.717) is 25.9 Å². The zero-order valence-corrected chi connectivity index (χ0v) is 10.6. The highest BCUT2D eigenvalue weighted by Gasteiger charge is 2.28. The minimum Gasteiger partial charge on any atom is -0.393 e. The summed E-state index contributed by atoms with van der Waals surface area (Å²) in [5.41, 5.74) is 0.234. The SMILES string of the molecule is N#CC(c1c(F)cccc1Cl)N1CCC(O)CC1.